The van der Waals surface area contributed by atoms with E-state index in [4.69, 9.17) is 5.11 Å². The first-order valence-electron chi connectivity index (χ1n) is 4.86. The van der Waals surface area contributed by atoms with Gasteiger partial charge >= 0.3 is 12.1 Å². The highest BCUT2D eigenvalue weighted by molar-refractivity contribution is 5.69. The molecule has 0 saturated carbocycles. The first kappa shape index (κ1) is 15.2. The van der Waals surface area contributed by atoms with Gasteiger partial charge in [0.1, 0.15) is 0 Å². The van der Waals surface area contributed by atoms with Crippen molar-refractivity contribution in [2.75, 3.05) is 40.3 Å². The molecule has 0 unspecified atom stereocenters. The first-order chi connectivity index (χ1) is 7.20. The third kappa shape index (κ3) is 9.72. The van der Waals surface area contributed by atoms with Crippen LogP contribution in [0.25, 0.3) is 0 Å². The summed E-state index contributed by atoms with van der Waals surface area (Å²) in [5, 5.41) is 8.54. The van der Waals surface area contributed by atoms with Crippen LogP contribution >= 0.6 is 0 Å². The van der Waals surface area contributed by atoms with Gasteiger partial charge in [0, 0.05) is 19.6 Å². The van der Waals surface area contributed by atoms with Crippen molar-refractivity contribution < 1.29 is 23.1 Å². The Kier molecular flexibility index (Phi) is 6.35. The fourth-order valence-corrected chi connectivity index (χ4v) is 1.09. The zero-order valence-electron chi connectivity index (χ0n) is 9.42. The number of nitrogens with zero attached hydrogens (tertiary/aromatic N) is 2. The maximum Gasteiger partial charge on any atom is 0.390 e. The molecular weight excluding hydrogens is 225 g/mol. The highest BCUT2D eigenvalue weighted by Crippen LogP contribution is 2.19. The molecule has 0 aliphatic carbocycles. The molecule has 4 nitrogen and oxygen atoms in total. The SMILES string of the molecule is CN(C)CCN(CCC(F)(F)F)CC(=O)O. The molecule has 16 heavy (non-hydrogen) atoms. The second-order valence-corrected chi connectivity index (χ2v) is 3.84. The van der Waals surface area contributed by atoms with Crippen LogP contribution in [0, 0.1) is 0 Å². The van der Waals surface area contributed by atoms with Gasteiger partial charge in [-0.1, -0.05) is 0 Å². The smallest absolute Gasteiger partial charge is 0.390 e. The van der Waals surface area contributed by atoms with Gasteiger partial charge in [-0.2, -0.15) is 13.2 Å². The van der Waals surface area contributed by atoms with Gasteiger partial charge in [-0.05, 0) is 14.1 Å². The molecule has 0 heterocycles. The molecule has 0 aromatic heterocycles. The van der Waals surface area contributed by atoms with Crippen molar-refractivity contribution in [3.05, 3.63) is 0 Å². The van der Waals surface area contributed by atoms with E-state index in [9.17, 15) is 18.0 Å². The number of alkyl halides is 3. The van der Waals surface area contributed by atoms with Gasteiger partial charge < -0.3 is 10.0 Å². The fourth-order valence-electron chi connectivity index (χ4n) is 1.09. The number of carboxylic acid groups (broad SMARTS) is 1. The van der Waals surface area contributed by atoms with Crippen LogP contribution in [0.1, 0.15) is 6.42 Å². The van der Waals surface area contributed by atoms with Crippen molar-refractivity contribution in [3.63, 3.8) is 0 Å². The molecule has 0 atom stereocenters. The summed E-state index contributed by atoms with van der Waals surface area (Å²) < 4.78 is 35.9. The lowest BCUT2D eigenvalue weighted by Crippen LogP contribution is -2.37. The Morgan fingerprint density at radius 3 is 2.12 bits per heavy atom. The van der Waals surface area contributed by atoms with Crippen molar-refractivity contribution >= 4 is 5.97 Å². The van der Waals surface area contributed by atoms with Gasteiger partial charge in [0.05, 0.1) is 13.0 Å². The van der Waals surface area contributed by atoms with Crippen LogP contribution in [0.3, 0.4) is 0 Å². The molecule has 0 spiro atoms. The number of aliphatic carboxylic acids is 1. The second kappa shape index (κ2) is 6.70. The van der Waals surface area contributed by atoms with E-state index in [0.29, 0.717) is 13.1 Å². The highest BCUT2D eigenvalue weighted by atomic mass is 19.4. The number of likely N-dealkylation sites (N-methyl/N-ethyl adjacent to an activating group) is 1. The van der Waals surface area contributed by atoms with Gasteiger partial charge in [0.15, 0.2) is 0 Å². The zero-order valence-corrected chi connectivity index (χ0v) is 9.42. The summed E-state index contributed by atoms with van der Waals surface area (Å²) in [4.78, 5) is 13.5. The summed E-state index contributed by atoms with van der Waals surface area (Å²) in [5.74, 6) is -1.11. The Morgan fingerprint density at radius 1 is 1.19 bits per heavy atom. The van der Waals surface area contributed by atoms with Crippen LogP contribution in [0.4, 0.5) is 13.2 Å². The summed E-state index contributed by atoms with van der Waals surface area (Å²) in [6.07, 6.45) is -5.22. The molecule has 0 aliphatic rings. The van der Waals surface area contributed by atoms with E-state index in [0.717, 1.165) is 0 Å². The lowest BCUT2D eigenvalue weighted by Gasteiger charge is -2.22. The molecule has 0 aliphatic heterocycles. The van der Waals surface area contributed by atoms with Gasteiger partial charge in [-0.25, -0.2) is 0 Å². The number of carbonyl (C=O) groups is 1. The standard InChI is InChI=1S/C9H17F3N2O2/c1-13(2)5-6-14(7-8(15)16)4-3-9(10,11)12/h3-7H2,1-2H3,(H,15,16). The minimum atomic E-state index is -4.24. The highest BCUT2D eigenvalue weighted by Gasteiger charge is 2.28. The summed E-state index contributed by atoms with van der Waals surface area (Å²) in [6, 6.07) is 0. The predicted octanol–water partition coefficient (Wildman–Crippen LogP) is 0.887. The summed E-state index contributed by atoms with van der Waals surface area (Å²) in [6.45, 7) is 0.216. The number of hydrogen-bond acceptors (Lipinski definition) is 3. The van der Waals surface area contributed by atoms with Crippen LogP contribution in [0.5, 0.6) is 0 Å². The fraction of sp³-hybridized carbons (Fsp3) is 0.889. The monoisotopic (exact) mass is 242 g/mol. The summed E-state index contributed by atoms with van der Waals surface area (Å²) in [7, 11) is 3.56. The van der Waals surface area contributed by atoms with Crippen molar-refractivity contribution in [2.24, 2.45) is 0 Å². The average molecular weight is 242 g/mol. The van der Waals surface area contributed by atoms with Gasteiger partial charge in [-0.15, -0.1) is 0 Å². The number of halogens is 3. The molecule has 0 amide bonds. The first-order valence-corrected chi connectivity index (χ1v) is 4.86. The van der Waals surface area contributed by atoms with Gasteiger partial charge in [0.25, 0.3) is 0 Å². The molecule has 0 bridgehead atoms. The molecule has 1 N–H and O–H groups in total. The molecule has 0 saturated heterocycles. The van der Waals surface area contributed by atoms with E-state index >= 15 is 0 Å². The maximum atomic E-state index is 12.0. The number of rotatable bonds is 7. The normalized spacial score (nSPS) is 12.4. The number of carboxylic acids is 1. The molecule has 0 aromatic rings. The molecule has 7 heteroatoms. The van der Waals surface area contributed by atoms with E-state index in [1.807, 2.05) is 0 Å². The third-order valence-electron chi connectivity index (χ3n) is 1.93. The number of hydrogen-bond donors (Lipinski definition) is 1. The van der Waals surface area contributed by atoms with Crippen LogP contribution in [-0.2, 0) is 4.79 Å². The van der Waals surface area contributed by atoms with E-state index in [1.165, 1.54) is 4.90 Å². The minimum absolute atomic E-state index is 0.274. The molecule has 96 valence electrons. The molecule has 0 rings (SSSR count). The van der Waals surface area contributed by atoms with Crippen LogP contribution in [0.2, 0.25) is 0 Å². The van der Waals surface area contributed by atoms with Gasteiger partial charge in [0.2, 0.25) is 0 Å². The zero-order chi connectivity index (χ0) is 12.8. The Balaban J connectivity index is 4.05. The van der Waals surface area contributed by atoms with Crippen LogP contribution in [0.15, 0.2) is 0 Å². The third-order valence-corrected chi connectivity index (χ3v) is 1.93. The van der Waals surface area contributed by atoms with Crippen LogP contribution < -0.4 is 0 Å². The summed E-state index contributed by atoms with van der Waals surface area (Å²) in [5.41, 5.74) is 0. The largest absolute Gasteiger partial charge is 0.480 e. The summed E-state index contributed by atoms with van der Waals surface area (Å²) >= 11 is 0. The lowest BCUT2D eigenvalue weighted by atomic mass is 10.3. The van der Waals surface area contributed by atoms with Crippen molar-refractivity contribution in [3.8, 4) is 0 Å². The molecule has 0 fully saturated rings. The second-order valence-electron chi connectivity index (χ2n) is 3.84. The Morgan fingerprint density at radius 2 is 1.75 bits per heavy atom. The minimum Gasteiger partial charge on any atom is -0.480 e. The van der Waals surface area contributed by atoms with E-state index < -0.39 is 18.6 Å². The molecular formula is C9H17F3N2O2. The maximum absolute atomic E-state index is 12.0. The van der Waals surface area contributed by atoms with E-state index in [2.05, 4.69) is 0 Å². The Bertz CT molecular complexity index is 219. The van der Waals surface area contributed by atoms with E-state index in [1.54, 1.807) is 19.0 Å². The average Bonchev–Trinajstić information content (AvgIpc) is 2.07. The Hall–Kier alpha value is -0.820. The molecule has 0 radical (unpaired) electrons. The Labute approximate surface area is 92.6 Å². The van der Waals surface area contributed by atoms with Crippen molar-refractivity contribution in [1.82, 2.24) is 9.80 Å². The topological polar surface area (TPSA) is 43.8 Å². The van der Waals surface area contributed by atoms with E-state index in [-0.39, 0.29) is 13.1 Å². The molecule has 0 aromatic carbocycles. The van der Waals surface area contributed by atoms with Crippen molar-refractivity contribution in [2.45, 2.75) is 12.6 Å². The quantitative estimate of drug-likeness (QED) is 0.720. The van der Waals surface area contributed by atoms with Crippen molar-refractivity contribution in [1.29, 1.82) is 0 Å². The van der Waals surface area contributed by atoms with Crippen LogP contribution in [-0.4, -0.2) is 67.3 Å². The van der Waals surface area contributed by atoms with Gasteiger partial charge in [-0.3, -0.25) is 9.69 Å². The lowest BCUT2D eigenvalue weighted by molar-refractivity contribution is -0.145. The predicted molar refractivity (Wildman–Crippen MR) is 53.3 cm³/mol.